The number of alkyl halides is 2. The number of benzene rings is 1. The molecule has 1 aromatic heterocycles. The molecule has 0 radical (unpaired) electrons. The number of nitrogens with zero attached hydrogens (tertiary/aromatic N) is 2. The van der Waals surface area contributed by atoms with Gasteiger partial charge in [0.05, 0.1) is 36.6 Å². The molecule has 1 aromatic carbocycles. The molecule has 0 bridgehead atoms. The highest BCUT2D eigenvalue weighted by Gasteiger charge is 2.16. The summed E-state index contributed by atoms with van der Waals surface area (Å²) in [5.41, 5.74) is 6.91. The zero-order valence-corrected chi connectivity index (χ0v) is 10.7. The number of imidazole rings is 1. The highest BCUT2D eigenvalue weighted by molar-refractivity contribution is 7.99. The number of rotatable bonds is 5. The third kappa shape index (κ3) is 3.12. The molecule has 0 saturated heterocycles. The van der Waals surface area contributed by atoms with Crippen molar-refractivity contribution in [1.29, 1.82) is 0 Å². The maximum atomic E-state index is 12.5. The average Bonchev–Trinajstić information content (AvgIpc) is 2.87. The van der Waals surface area contributed by atoms with Gasteiger partial charge in [-0.2, -0.15) is 8.78 Å². The molecule has 2 aromatic rings. The van der Waals surface area contributed by atoms with Crippen molar-refractivity contribution < 1.29 is 13.9 Å². The quantitative estimate of drug-likeness (QED) is 0.826. The van der Waals surface area contributed by atoms with Crippen LogP contribution in [0.4, 0.5) is 8.78 Å². The van der Waals surface area contributed by atoms with Crippen LogP contribution >= 0.6 is 11.8 Å². The molecule has 3 N–H and O–H groups in total. The molecule has 7 heteroatoms. The fourth-order valence-corrected chi connectivity index (χ4v) is 2.36. The van der Waals surface area contributed by atoms with Gasteiger partial charge in [-0.25, -0.2) is 4.98 Å². The van der Waals surface area contributed by atoms with Crippen molar-refractivity contribution in [3.8, 4) is 5.69 Å². The summed E-state index contributed by atoms with van der Waals surface area (Å²) in [6, 6.07) is 6.16. The Balaban J connectivity index is 2.44. The summed E-state index contributed by atoms with van der Waals surface area (Å²) in [6.45, 7) is -0.240. The topological polar surface area (TPSA) is 64.1 Å². The van der Waals surface area contributed by atoms with Gasteiger partial charge in [-0.05, 0) is 12.1 Å². The molecule has 19 heavy (non-hydrogen) atoms. The summed E-state index contributed by atoms with van der Waals surface area (Å²) in [4.78, 5) is 4.40. The van der Waals surface area contributed by atoms with Crippen molar-refractivity contribution in [2.75, 3.05) is 6.61 Å². The molecule has 0 amide bonds. The molecular formula is C12H13F2N3OS. The molecule has 2 rings (SSSR count). The van der Waals surface area contributed by atoms with Gasteiger partial charge in [-0.15, -0.1) is 0 Å². The molecule has 4 nitrogen and oxygen atoms in total. The maximum absolute atomic E-state index is 12.5. The molecule has 0 spiro atoms. The number of aromatic nitrogens is 2. The van der Waals surface area contributed by atoms with E-state index in [-0.39, 0.29) is 6.61 Å². The lowest BCUT2D eigenvalue weighted by atomic mass is 10.2. The smallest absolute Gasteiger partial charge is 0.288 e. The summed E-state index contributed by atoms with van der Waals surface area (Å²) in [5, 5.41) is 9.10. The van der Waals surface area contributed by atoms with Crippen LogP contribution < -0.4 is 5.73 Å². The molecule has 0 saturated carbocycles. The van der Waals surface area contributed by atoms with Gasteiger partial charge in [0.1, 0.15) is 0 Å². The van der Waals surface area contributed by atoms with E-state index in [1.54, 1.807) is 28.8 Å². The van der Waals surface area contributed by atoms with E-state index in [0.29, 0.717) is 28.0 Å². The molecular weight excluding hydrogens is 272 g/mol. The van der Waals surface area contributed by atoms with Crippen molar-refractivity contribution in [1.82, 2.24) is 9.55 Å². The lowest BCUT2D eigenvalue weighted by Crippen LogP contribution is -2.18. The summed E-state index contributed by atoms with van der Waals surface area (Å²) in [5.74, 6) is -2.50. The fraction of sp³-hybridized carbons (Fsp3) is 0.250. The molecule has 0 aliphatic rings. The first-order chi connectivity index (χ1) is 9.13. The van der Waals surface area contributed by atoms with E-state index >= 15 is 0 Å². The van der Waals surface area contributed by atoms with Crippen molar-refractivity contribution in [2.45, 2.75) is 16.7 Å². The number of para-hydroxylation sites is 1. The minimum atomic E-state index is -2.50. The number of halogens is 2. The van der Waals surface area contributed by atoms with E-state index in [1.165, 1.54) is 12.5 Å². The Hall–Kier alpha value is -1.44. The fourth-order valence-electron chi connectivity index (χ4n) is 1.73. The van der Waals surface area contributed by atoms with Crippen LogP contribution in [0.15, 0.2) is 41.7 Å². The van der Waals surface area contributed by atoms with Crippen LogP contribution in [-0.4, -0.2) is 27.0 Å². The van der Waals surface area contributed by atoms with E-state index in [2.05, 4.69) is 4.98 Å². The van der Waals surface area contributed by atoms with Crippen molar-refractivity contribution in [3.63, 3.8) is 0 Å². The van der Waals surface area contributed by atoms with Crippen molar-refractivity contribution >= 4 is 11.8 Å². The molecule has 1 atom stereocenters. The van der Waals surface area contributed by atoms with Crippen LogP contribution in [0.25, 0.3) is 5.69 Å². The number of hydrogen-bond acceptors (Lipinski definition) is 4. The maximum Gasteiger partial charge on any atom is 0.288 e. The van der Waals surface area contributed by atoms with Gasteiger partial charge in [0.25, 0.3) is 5.76 Å². The van der Waals surface area contributed by atoms with E-state index in [4.69, 9.17) is 10.8 Å². The van der Waals surface area contributed by atoms with Gasteiger partial charge >= 0.3 is 0 Å². The lowest BCUT2D eigenvalue weighted by molar-refractivity contribution is 0.252. The first-order valence-electron chi connectivity index (χ1n) is 5.56. The molecule has 0 fully saturated rings. The van der Waals surface area contributed by atoms with Crippen LogP contribution in [0.1, 0.15) is 11.7 Å². The Morgan fingerprint density at radius 3 is 2.79 bits per heavy atom. The van der Waals surface area contributed by atoms with Gasteiger partial charge in [0.15, 0.2) is 0 Å². The Morgan fingerprint density at radius 1 is 1.37 bits per heavy atom. The second kappa shape index (κ2) is 6.14. The number of aliphatic hydroxyl groups is 1. The number of thioether (sulfide) groups is 1. The molecule has 102 valence electrons. The molecule has 0 aliphatic carbocycles. The van der Waals surface area contributed by atoms with Gasteiger partial charge in [-0.3, -0.25) is 0 Å². The molecule has 1 heterocycles. The van der Waals surface area contributed by atoms with Crippen LogP contribution in [0.2, 0.25) is 0 Å². The van der Waals surface area contributed by atoms with E-state index in [1.807, 2.05) is 0 Å². The SMILES string of the molecule is NC(CO)c1cncn1-c1ccccc1SC(F)F. The molecule has 0 aliphatic heterocycles. The monoisotopic (exact) mass is 285 g/mol. The number of nitrogens with two attached hydrogens (primary N) is 1. The average molecular weight is 285 g/mol. The minimum Gasteiger partial charge on any atom is -0.394 e. The summed E-state index contributed by atoms with van der Waals surface area (Å²) in [7, 11) is 0. The zero-order chi connectivity index (χ0) is 13.8. The van der Waals surface area contributed by atoms with E-state index in [9.17, 15) is 8.78 Å². The van der Waals surface area contributed by atoms with Crippen molar-refractivity contribution in [3.05, 3.63) is 42.5 Å². The Labute approximate surface area is 113 Å². The first-order valence-corrected chi connectivity index (χ1v) is 6.44. The van der Waals surface area contributed by atoms with E-state index in [0.717, 1.165) is 0 Å². The summed E-state index contributed by atoms with van der Waals surface area (Å²) in [6.07, 6.45) is 3.01. The normalized spacial score (nSPS) is 12.9. The van der Waals surface area contributed by atoms with Gasteiger partial charge in [0.2, 0.25) is 0 Å². The summed E-state index contributed by atoms with van der Waals surface area (Å²) >= 11 is 0.466. The highest BCUT2D eigenvalue weighted by Crippen LogP contribution is 2.31. The summed E-state index contributed by atoms with van der Waals surface area (Å²) < 4.78 is 26.7. The van der Waals surface area contributed by atoms with Gasteiger partial charge < -0.3 is 15.4 Å². The number of hydrogen-bond donors (Lipinski definition) is 2. The zero-order valence-electron chi connectivity index (χ0n) is 9.91. The van der Waals surface area contributed by atoms with Crippen LogP contribution in [0.3, 0.4) is 0 Å². The van der Waals surface area contributed by atoms with Crippen LogP contribution in [0, 0.1) is 0 Å². The largest absolute Gasteiger partial charge is 0.394 e. The van der Waals surface area contributed by atoms with Crippen LogP contribution in [-0.2, 0) is 0 Å². The third-order valence-electron chi connectivity index (χ3n) is 2.58. The second-order valence-corrected chi connectivity index (χ2v) is 4.86. The van der Waals surface area contributed by atoms with Crippen LogP contribution in [0.5, 0.6) is 0 Å². The predicted octanol–water partition coefficient (Wildman–Crippen LogP) is 2.18. The van der Waals surface area contributed by atoms with E-state index < -0.39 is 11.8 Å². The predicted molar refractivity (Wildman–Crippen MR) is 69.4 cm³/mol. The molecule has 1 unspecified atom stereocenters. The Bertz CT molecular complexity index is 547. The first kappa shape index (κ1) is 14.0. The lowest BCUT2D eigenvalue weighted by Gasteiger charge is -2.15. The van der Waals surface area contributed by atoms with Gasteiger partial charge in [-0.1, -0.05) is 23.9 Å². The second-order valence-electron chi connectivity index (χ2n) is 3.82. The Kier molecular flexibility index (Phi) is 4.52. The highest BCUT2D eigenvalue weighted by atomic mass is 32.2. The van der Waals surface area contributed by atoms with Crippen molar-refractivity contribution in [2.24, 2.45) is 5.73 Å². The number of aliphatic hydroxyl groups excluding tert-OH is 1. The standard InChI is InChI=1S/C12H13F2N3OS/c13-12(14)19-11-4-2-1-3-9(11)17-7-16-5-10(17)8(15)6-18/h1-5,7-8,12,18H,6,15H2. The Morgan fingerprint density at radius 2 is 2.11 bits per heavy atom. The third-order valence-corrected chi connectivity index (χ3v) is 3.36. The van der Waals surface area contributed by atoms with Gasteiger partial charge in [0, 0.05) is 4.90 Å². The minimum absolute atomic E-state index is 0.240.